The summed E-state index contributed by atoms with van der Waals surface area (Å²) in [5.74, 6) is 4.81. The van der Waals surface area contributed by atoms with Crippen LogP contribution in [-0.4, -0.2) is 20.9 Å². The van der Waals surface area contributed by atoms with Gasteiger partial charge in [0.25, 0.3) is 10.0 Å². The Balaban J connectivity index is 1.83. The molecule has 25 heavy (non-hydrogen) atoms. The highest BCUT2D eigenvalue weighted by Gasteiger charge is 2.28. The number of hydrazine groups is 1. The summed E-state index contributed by atoms with van der Waals surface area (Å²) in [6.07, 6.45) is 2.48. The molecule has 0 fully saturated rings. The molecule has 0 aliphatic carbocycles. The average Bonchev–Trinajstić information content (AvgIpc) is 2.65. The molecule has 1 heterocycles. The van der Waals surface area contributed by atoms with E-state index in [2.05, 4.69) is 5.43 Å². The maximum absolute atomic E-state index is 13.0. The molecule has 2 aromatic carbocycles. The van der Waals surface area contributed by atoms with Gasteiger partial charge in [-0.15, -0.1) is 0 Å². The number of hydrogen-bond donors (Lipinski definition) is 2. The third-order valence-corrected chi connectivity index (χ3v) is 6.21. The molecule has 3 rings (SSSR count). The lowest BCUT2D eigenvalue weighted by Crippen LogP contribution is -2.35. The van der Waals surface area contributed by atoms with Crippen molar-refractivity contribution in [2.75, 3.05) is 10.8 Å². The van der Waals surface area contributed by atoms with Crippen LogP contribution in [0.2, 0.25) is 0 Å². The Morgan fingerprint density at radius 1 is 1.12 bits per heavy atom. The van der Waals surface area contributed by atoms with E-state index in [9.17, 15) is 13.2 Å². The van der Waals surface area contributed by atoms with E-state index in [0.717, 1.165) is 29.7 Å². The summed E-state index contributed by atoms with van der Waals surface area (Å²) in [5.41, 5.74) is 4.79. The summed E-state index contributed by atoms with van der Waals surface area (Å²) in [7, 11) is -3.59. The van der Waals surface area contributed by atoms with Crippen molar-refractivity contribution in [3.8, 4) is 0 Å². The van der Waals surface area contributed by atoms with Crippen molar-refractivity contribution in [3.63, 3.8) is 0 Å². The minimum absolute atomic E-state index is 0.248. The molecular weight excluding hydrogens is 338 g/mol. The molecule has 3 N–H and O–H groups in total. The lowest BCUT2D eigenvalue weighted by molar-refractivity contribution is -0.121. The number of nitrogens with zero attached hydrogens (tertiary/aromatic N) is 1. The largest absolute Gasteiger partial charge is 0.294 e. The summed E-state index contributed by atoms with van der Waals surface area (Å²) >= 11 is 0. The Bertz CT molecular complexity index is 863. The molecule has 0 spiro atoms. The van der Waals surface area contributed by atoms with E-state index in [0.29, 0.717) is 13.0 Å². The number of para-hydroxylation sites is 1. The zero-order valence-electron chi connectivity index (χ0n) is 13.8. The second-order valence-electron chi connectivity index (χ2n) is 6.02. The Hall–Kier alpha value is -2.38. The van der Waals surface area contributed by atoms with Gasteiger partial charge in [-0.3, -0.25) is 14.5 Å². The van der Waals surface area contributed by atoms with Gasteiger partial charge in [-0.25, -0.2) is 14.3 Å². The van der Waals surface area contributed by atoms with Gasteiger partial charge in [0, 0.05) is 13.0 Å². The lowest BCUT2D eigenvalue weighted by atomic mass is 10.0. The van der Waals surface area contributed by atoms with Crippen LogP contribution in [0.5, 0.6) is 0 Å². The second kappa shape index (κ2) is 7.25. The summed E-state index contributed by atoms with van der Waals surface area (Å²) in [6, 6.07) is 14.3. The number of hydrogen-bond acceptors (Lipinski definition) is 4. The van der Waals surface area contributed by atoms with Gasteiger partial charge in [-0.2, -0.15) is 0 Å². The summed E-state index contributed by atoms with van der Waals surface area (Å²) in [4.78, 5) is 11.5. The predicted octanol–water partition coefficient (Wildman–Crippen LogP) is 1.75. The third kappa shape index (κ3) is 3.67. The Morgan fingerprint density at radius 3 is 2.56 bits per heavy atom. The van der Waals surface area contributed by atoms with Crippen molar-refractivity contribution >= 4 is 21.6 Å². The Morgan fingerprint density at radius 2 is 1.84 bits per heavy atom. The molecule has 6 nitrogen and oxygen atoms in total. The number of aryl methyl sites for hydroxylation is 2. The van der Waals surface area contributed by atoms with Crippen molar-refractivity contribution in [2.45, 2.75) is 30.6 Å². The highest BCUT2D eigenvalue weighted by Crippen LogP contribution is 2.31. The van der Waals surface area contributed by atoms with Crippen LogP contribution in [0.3, 0.4) is 0 Å². The lowest BCUT2D eigenvalue weighted by Gasteiger charge is -2.30. The van der Waals surface area contributed by atoms with E-state index in [-0.39, 0.29) is 17.2 Å². The van der Waals surface area contributed by atoms with Crippen LogP contribution in [0, 0.1) is 0 Å². The number of fused-ring (bicyclic) bond motifs is 1. The minimum atomic E-state index is -3.59. The minimum Gasteiger partial charge on any atom is -0.294 e. The summed E-state index contributed by atoms with van der Waals surface area (Å²) in [6.45, 7) is 0.484. The van der Waals surface area contributed by atoms with Gasteiger partial charge in [0.1, 0.15) is 0 Å². The first-order valence-electron chi connectivity index (χ1n) is 8.21. The van der Waals surface area contributed by atoms with Crippen molar-refractivity contribution in [2.24, 2.45) is 5.84 Å². The van der Waals surface area contributed by atoms with E-state index < -0.39 is 10.0 Å². The Kier molecular flexibility index (Phi) is 5.06. The topological polar surface area (TPSA) is 92.5 Å². The second-order valence-corrected chi connectivity index (χ2v) is 7.88. The smallest absolute Gasteiger partial charge is 0.264 e. The fourth-order valence-electron chi connectivity index (χ4n) is 3.03. The quantitative estimate of drug-likeness (QED) is 0.483. The number of carbonyl (C=O) groups is 1. The SMILES string of the molecule is NNC(=O)CCc1ccc(S(=O)(=O)N2CCCc3ccccc32)cc1. The first-order chi connectivity index (χ1) is 12.0. The van der Waals surface area contributed by atoms with Crippen LogP contribution in [0.25, 0.3) is 0 Å². The van der Waals surface area contributed by atoms with E-state index in [1.807, 2.05) is 24.3 Å². The highest BCUT2D eigenvalue weighted by molar-refractivity contribution is 7.92. The van der Waals surface area contributed by atoms with Crippen LogP contribution in [0.4, 0.5) is 5.69 Å². The zero-order chi connectivity index (χ0) is 17.9. The molecule has 0 radical (unpaired) electrons. The molecule has 2 aromatic rings. The molecule has 0 unspecified atom stereocenters. The standard InChI is InChI=1S/C18H21N3O3S/c19-20-18(22)12-9-14-7-10-16(11-8-14)25(23,24)21-13-3-5-15-4-1-2-6-17(15)21/h1-2,4,6-8,10-11H,3,5,9,12-13,19H2,(H,20,22). The number of anilines is 1. The monoisotopic (exact) mass is 359 g/mol. The van der Waals surface area contributed by atoms with Gasteiger partial charge in [0.2, 0.25) is 5.91 Å². The van der Waals surface area contributed by atoms with E-state index in [1.165, 1.54) is 4.31 Å². The number of nitrogens with two attached hydrogens (primary N) is 1. The fourth-order valence-corrected chi connectivity index (χ4v) is 4.58. The van der Waals surface area contributed by atoms with Crippen molar-refractivity contribution in [1.82, 2.24) is 5.43 Å². The van der Waals surface area contributed by atoms with E-state index in [1.54, 1.807) is 24.3 Å². The summed E-state index contributed by atoms with van der Waals surface area (Å²) < 4.78 is 27.5. The zero-order valence-corrected chi connectivity index (χ0v) is 14.6. The fraction of sp³-hybridized carbons (Fsp3) is 0.278. The van der Waals surface area contributed by atoms with Crippen molar-refractivity contribution in [3.05, 3.63) is 59.7 Å². The van der Waals surface area contributed by atoms with Crippen LogP contribution < -0.4 is 15.6 Å². The van der Waals surface area contributed by atoms with Crippen LogP contribution in [-0.2, 0) is 27.7 Å². The van der Waals surface area contributed by atoms with Crippen LogP contribution in [0.1, 0.15) is 24.0 Å². The molecule has 0 atom stereocenters. The van der Waals surface area contributed by atoms with E-state index in [4.69, 9.17) is 5.84 Å². The van der Waals surface area contributed by atoms with Crippen molar-refractivity contribution < 1.29 is 13.2 Å². The van der Waals surface area contributed by atoms with Gasteiger partial charge in [-0.05, 0) is 48.6 Å². The average molecular weight is 359 g/mol. The molecule has 132 valence electrons. The van der Waals surface area contributed by atoms with Gasteiger partial charge in [0.15, 0.2) is 0 Å². The maximum Gasteiger partial charge on any atom is 0.264 e. The first kappa shape index (κ1) is 17.4. The molecule has 7 heteroatoms. The number of carbonyl (C=O) groups excluding carboxylic acids is 1. The number of rotatable bonds is 5. The number of benzene rings is 2. The van der Waals surface area contributed by atoms with Gasteiger partial charge in [0.05, 0.1) is 10.6 Å². The number of nitrogens with one attached hydrogen (secondary N) is 1. The van der Waals surface area contributed by atoms with Gasteiger partial charge >= 0.3 is 0 Å². The first-order valence-corrected chi connectivity index (χ1v) is 9.65. The third-order valence-electron chi connectivity index (χ3n) is 4.38. The predicted molar refractivity (Wildman–Crippen MR) is 96.4 cm³/mol. The van der Waals surface area contributed by atoms with E-state index >= 15 is 0 Å². The Labute approximate surface area is 147 Å². The molecule has 0 bridgehead atoms. The number of sulfonamides is 1. The highest BCUT2D eigenvalue weighted by atomic mass is 32.2. The van der Waals surface area contributed by atoms with Gasteiger partial charge in [-0.1, -0.05) is 30.3 Å². The van der Waals surface area contributed by atoms with Crippen molar-refractivity contribution in [1.29, 1.82) is 0 Å². The molecule has 1 aliphatic heterocycles. The summed E-state index contributed by atoms with van der Waals surface area (Å²) in [5, 5.41) is 0. The molecular formula is C18H21N3O3S. The number of amides is 1. The maximum atomic E-state index is 13.0. The van der Waals surface area contributed by atoms with Crippen LogP contribution in [0.15, 0.2) is 53.4 Å². The molecule has 0 saturated heterocycles. The molecule has 1 aliphatic rings. The molecule has 1 amide bonds. The molecule has 0 aromatic heterocycles. The normalized spacial score (nSPS) is 14.0. The van der Waals surface area contributed by atoms with Gasteiger partial charge < -0.3 is 0 Å². The van der Waals surface area contributed by atoms with Crippen LogP contribution >= 0.6 is 0 Å². The molecule has 0 saturated carbocycles.